The van der Waals surface area contributed by atoms with Crippen molar-refractivity contribution in [1.82, 2.24) is 0 Å². The number of aryl methyl sites for hydroxylation is 1. The average Bonchev–Trinajstić information content (AvgIpc) is 2.18. The first-order valence-electron chi connectivity index (χ1n) is 4.40. The van der Waals surface area contributed by atoms with Crippen molar-refractivity contribution in [3.8, 4) is 0 Å². The summed E-state index contributed by atoms with van der Waals surface area (Å²) in [4.78, 5) is 14.2. The second-order valence-electron chi connectivity index (χ2n) is 3.05. The maximum Gasteiger partial charge on any atom is 0.692 e. The Kier molecular flexibility index (Phi) is 4.37. The van der Waals surface area contributed by atoms with Gasteiger partial charge >= 0.3 is 8.25 Å². The fourth-order valence-electron chi connectivity index (χ4n) is 1.39. The molecular weight excluding hydrogens is 211 g/mol. The Bertz CT molecular complexity index is 459. The number of rotatable bonds is 0. The smallest absolute Gasteiger partial charge is 0.134 e. The molecule has 0 atom stereocenters. The minimum atomic E-state index is -2.87. The Morgan fingerprint density at radius 3 is 2.13 bits per heavy atom. The second-order valence-corrected chi connectivity index (χ2v) is 3.55. The van der Waals surface area contributed by atoms with Gasteiger partial charge in [-0.2, -0.15) is 0 Å². The molecule has 0 aliphatic heterocycles. The molecule has 0 unspecified atom stereocenters. The lowest BCUT2D eigenvalue weighted by atomic mass is 10.1. The van der Waals surface area contributed by atoms with E-state index in [1.54, 1.807) is 0 Å². The minimum absolute atomic E-state index is 1.33. The van der Waals surface area contributed by atoms with Crippen LogP contribution in [0.1, 0.15) is 5.56 Å². The second kappa shape index (κ2) is 5.56. The average molecular weight is 223 g/mol. The van der Waals surface area contributed by atoms with Crippen LogP contribution in [0.25, 0.3) is 10.8 Å². The highest BCUT2D eigenvalue weighted by atomic mass is 31.1. The molecule has 0 spiro atoms. The van der Waals surface area contributed by atoms with Crippen molar-refractivity contribution in [1.29, 1.82) is 0 Å². The van der Waals surface area contributed by atoms with Crippen LogP contribution in [-0.4, -0.2) is 9.79 Å². The van der Waals surface area contributed by atoms with Crippen molar-refractivity contribution in [3.05, 3.63) is 48.0 Å². The molecule has 0 saturated carbocycles. The van der Waals surface area contributed by atoms with E-state index in [4.69, 9.17) is 14.4 Å². The van der Waals surface area contributed by atoms with Gasteiger partial charge in [-0.15, -0.1) is 9.79 Å². The van der Waals surface area contributed by atoms with Crippen LogP contribution in [0, 0.1) is 6.92 Å². The fraction of sp³-hybridized carbons (Fsp3) is 0.0909. The van der Waals surface area contributed by atoms with E-state index in [1.807, 2.05) is 0 Å². The topological polar surface area (TPSA) is 57.5 Å². The monoisotopic (exact) mass is 223 g/mol. The highest BCUT2D eigenvalue weighted by Crippen LogP contribution is 2.16. The molecule has 2 rings (SSSR count). The summed E-state index contributed by atoms with van der Waals surface area (Å²) in [6.07, 6.45) is 0. The van der Waals surface area contributed by atoms with Crippen molar-refractivity contribution in [3.63, 3.8) is 0 Å². The van der Waals surface area contributed by atoms with E-state index in [1.165, 1.54) is 16.3 Å². The molecule has 4 heteroatoms. The van der Waals surface area contributed by atoms with Crippen molar-refractivity contribution in [2.45, 2.75) is 6.92 Å². The van der Waals surface area contributed by atoms with E-state index in [0.29, 0.717) is 0 Å². The van der Waals surface area contributed by atoms with Gasteiger partial charge in [-0.05, 0) is 23.3 Å². The highest BCUT2D eigenvalue weighted by Gasteiger charge is 1.93. The third kappa shape index (κ3) is 3.76. The molecule has 0 fully saturated rings. The normalized spacial score (nSPS) is 9.27. The molecule has 0 saturated heterocycles. The number of fused-ring (bicyclic) bond motifs is 1. The Labute approximate surface area is 89.0 Å². The molecule has 2 aromatic rings. The summed E-state index contributed by atoms with van der Waals surface area (Å²) < 4.78 is 8.70. The molecular formula is C11H12O3P+. The van der Waals surface area contributed by atoms with Crippen LogP contribution in [0.15, 0.2) is 42.5 Å². The fourth-order valence-corrected chi connectivity index (χ4v) is 1.39. The van der Waals surface area contributed by atoms with Gasteiger partial charge in [-0.25, -0.2) is 0 Å². The van der Waals surface area contributed by atoms with Crippen molar-refractivity contribution < 1.29 is 14.4 Å². The van der Waals surface area contributed by atoms with Gasteiger partial charge in [0, 0.05) is 4.57 Å². The van der Waals surface area contributed by atoms with E-state index in [2.05, 4.69) is 49.4 Å². The number of hydrogen-bond donors (Lipinski definition) is 2. The van der Waals surface area contributed by atoms with Crippen LogP contribution in [0.3, 0.4) is 0 Å². The lowest BCUT2D eigenvalue weighted by Crippen LogP contribution is -1.75. The van der Waals surface area contributed by atoms with E-state index in [-0.39, 0.29) is 0 Å². The molecule has 0 aromatic heterocycles. The summed E-state index contributed by atoms with van der Waals surface area (Å²) in [6, 6.07) is 14.8. The van der Waals surface area contributed by atoms with E-state index in [0.717, 1.165) is 0 Å². The lowest BCUT2D eigenvalue weighted by Gasteiger charge is -1.98. The van der Waals surface area contributed by atoms with Gasteiger partial charge in [0.25, 0.3) is 0 Å². The molecule has 0 bridgehead atoms. The third-order valence-corrected chi connectivity index (χ3v) is 2.01. The zero-order chi connectivity index (χ0) is 11.3. The Morgan fingerprint density at radius 2 is 1.53 bits per heavy atom. The van der Waals surface area contributed by atoms with Gasteiger partial charge < -0.3 is 0 Å². The summed E-state index contributed by atoms with van der Waals surface area (Å²) >= 11 is 0. The number of hydrogen-bond acceptors (Lipinski definition) is 1. The van der Waals surface area contributed by atoms with Crippen molar-refractivity contribution >= 4 is 19.0 Å². The zero-order valence-electron chi connectivity index (χ0n) is 8.29. The number of benzene rings is 2. The maximum absolute atomic E-state index is 8.70. The predicted molar refractivity (Wildman–Crippen MR) is 60.7 cm³/mol. The van der Waals surface area contributed by atoms with Gasteiger partial charge in [0.15, 0.2) is 0 Å². The van der Waals surface area contributed by atoms with Gasteiger partial charge in [-0.3, -0.25) is 0 Å². The van der Waals surface area contributed by atoms with Gasteiger partial charge in [-0.1, -0.05) is 42.5 Å². The summed E-state index contributed by atoms with van der Waals surface area (Å²) in [5, 5.41) is 2.68. The van der Waals surface area contributed by atoms with Crippen LogP contribution in [0.5, 0.6) is 0 Å². The first-order valence-corrected chi connectivity index (χ1v) is 5.57. The largest absolute Gasteiger partial charge is 0.692 e. The Balaban J connectivity index is 0.000000245. The van der Waals surface area contributed by atoms with E-state index >= 15 is 0 Å². The van der Waals surface area contributed by atoms with Crippen molar-refractivity contribution in [2.24, 2.45) is 0 Å². The van der Waals surface area contributed by atoms with Crippen LogP contribution in [0.4, 0.5) is 0 Å². The summed E-state index contributed by atoms with van der Waals surface area (Å²) in [6.45, 7) is 2.14. The Morgan fingerprint density at radius 1 is 1.00 bits per heavy atom. The molecule has 0 aliphatic rings. The highest BCUT2D eigenvalue weighted by molar-refractivity contribution is 7.30. The predicted octanol–water partition coefficient (Wildman–Crippen LogP) is 2.78. The molecule has 2 aromatic carbocycles. The molecule has 0 radical (unpaired) electrons. The molecule has 78 valence electrons. The van der Waals surface area contributed by atoms with Gasteiger partial charge in [0.1, 0.15) is 0 Å². The minimum Gasteiger partial charge on any atom is -0.134 e. The molecule has 2 N–H and O–H groups in total. The molecule has 0 heterocycles. The van der Waals surface area contributed by atoms with Gasteiger partial charge in [0.05, 0.1) is 0 Å². The van der Waals surface area contributed by atoms with E-state index in [9.17, 15) is 0 Å². The lowest BCUT2D eigenvalue weighted by molar-refractivity contribution is 0.405. The summed E-state index contributed by atoms with van der Waals surface area (Å²) in [5.41, 5.74) is 1.35. The first kappa shape index (κ1) is 11.8. The SMILES string of the molecule is Cc1cccc2ccccc12.O=[P+](O)O. The molecule has 0 aliphatic carbocycles. The standard InChI is InChI=1S/C11H10.HO3P/c1-9-5-4-7-10-6-2-3-8-11(9)10;1-4(2)3/h2-8H,1H3;(H-,1,2,3)/p+1. The Hall–Kier alpha value is -1.28. The molecule has 0 amide bonds. The summed E-state index contributed by atoms with van der Waals surface area (Å²) in [7, 11) is -2.87. The van der Waals surface area contributed by atoms with Gasteiger partial charge in [0.2, 0.25) is 0 Å². The van der Waals surface area contributed by atoms with Crippen LogP contribution in [-0.2, 0) is 4.57 Å². The maximum atomic E-state index is 8.70. The summed E-state index contributed by atoms with van der Waals surface area (Å²) in [5.74, 6) is 0. The van der Waals surface area contributed by atoms with Crippen LogP contribution >= 0.6 is 8.25 Å². The molecule has 15 heavy (non-hydrogen) atoms. The van der Waals surface area contributed by atoms with Crippen molar-refractivity contribution in [2.75, 3.05) is 0 Å². The quantitative estimate of drug-likeness (QED) is 0.675. The first-order chi connectivity index (χ1) is 7.11. The molecule has 3 nitrogen and oxygen atoms in total. The third-order valence-electron chi connectivity index (χ3n) is 2.01. The zero-order valence-corrected chi connectivity index (χ0v) is 9.19. The van der Waals surface area contributed by atoms with Crippen LogP contribution in [0.2, 0.25) is 0 Å². The van der Waals surface area contributed by atoms with E-state index < -0.39 is 8.25 Å². The van der Waals surface area contributed by atoms with Crippen LogP contribution < -0.4 is 0 Å².